The standard InChI is InChI=1S/C17H24N2O2S/c1-3-5-6-9-13-21-15-11-8-7-10-14(15)16(20)19-17(22)18-12-4-2/h4,7-8,10-11H,2-3,5-6,9,12-13H2,1H3,(H2,18,19,20,22). The van der Waals surface area contributed by atoms with Gasteiger partial charge in [0.15, 0.2) is 5.11 Å². The van der Waals surface area contributed by atoms with Crippen LogP contribution in [-0.4, -0.2) is 24.2 Å². The highest BCUT2D eigenvalue weighted by molar-refractivity contribution is 7.80. The van der Waals surface area contributed by atoms with E-state index in [1.165, 1.54) is 12.8 Å². The second-order valence-corrected chi connectivity index (χ2v) is 5.27. The summed E-state index contributed by atoms with van der Waals surface area (Å²) in [6, 6.07) is 7.19. The number of amides is 1. The third-order valence-electron chi connectivity index (χ3n) is 3.02. The molecule has 0 aliphatic carbocycles. The van der Waals surface area contributed by atoms with Crippen molar-refractivity contribution >= 4 is 23.2 Å². The zero-order valence-corrected chi connectivity index (χ0v) is 13.9. The van der Waals surface area contributed by atoms with E-state index in [0.717, 1.165) is 12.8 Å². The van der Waals surface area contributed by atoms with Crippen molar-refractivity contribution in [3.63, 3.8) is 0 Å². The first kappa shape index (κ1) is 18.2. The number of thiocarbonyl (C=S) groups is 1. The van der Waals surface area contributed by atoms with Gasteiger partial charge in [0.1, 0.15) is 5.75 Å². The van der Waals surface area contributed by atoms with Crippen LogP contribution in [0.1, 0.15) is 43.0 Å². The van der Waals surface area contributed by atoms with Crippen molar-refractivity contribution in [1.82, 2.24) is 10.6 Å². The maximum absolute atomic E-state index is 12.2. The van der Waals surface area contributed by atoms with Gasteiger partial charge >= 0.3 is 0 Å². The molecule has 4 nitrogen and oxygen atoms in total. The number of carbonyl (C=O) groups is 1. The van der Waals surface area contributed by atoms with E-state index in [4.69, 9.17) is 17.0 Å². The van der Waals surface area contributed by atoms with E-state index in [1.54, 1.807) is 24.3 Å². The largest absolute Gasteiger partial charge is 0.493 e. The maximum atomic E-state index is 12.2. The van der Waals surface area contributed by atoms with E-state index in [0.29, 0.717) is 24.5 Å². The monoisotopic (exact) mass is 320 g/mol. The average molecular weight is 320 g/mol. The van der Waals surface area contributed by atoms with E-state index < -0.39 is 0 Å². The molecule has 1 amide bonds. The molecule has 2 N–H and O–H groups in total. The minimum Gasteiger partial charge on any atom is -0.493 e. The maximum Gasteiger partial charge on any atom is 0.261 e. The Morgan fingerprint density at radius 3 is 2.82 bits per heavy atom. The molecule has 0 atom stereocenters. The van der Waals surface area contributed by atoms with Crippen molar-refractivity contribution < 1.29 is 9.53 Å². The molecule has 1 aromatic rings. The second kappa shape index (κ2) is 10.8. The summed E-state index contributed by atoms with van der Waals surface area (Å²) < 4.78 is 5.73. The first-order valence-corrected chi connectivity index (χ1v) is 8.01. The average Bonchev–Trinajstić information content (AvgIpc) is 2.53. The molecular formula is C17H24N2O2S. The summed E-state index contributed by atoms with van der Waals surface area (Å²) >= 11 is 5.04. The number of nitrogens with one attached hydrogen (secondary N) is 2. The van der Waals surface area contributed by atoms with E-state index in [2.05, 4.69) is 24.1 Å². The van der Waals surface area contributed by atoms with Gasteiger partial charge in [-0.05, 0) is 30.8 Å². The van der Waals surface area contributed by atoms with Gasteiger partial charge in [0, 0.05) is 6.54 Å². The van der Waals surface area contributed by atoms with Gasteiger partial charge in [-0.3, -0.25) is 10.1 Å². The molecule has 22 heavy (non-hydrogen) atoms. The molecule has 0 aliphatic heterocycles. The van der Waals surface area contributed by atoms with E-state index >= 15 is 0 Å². The van der Waals surface area contributed by atoms with Crippen molar-refractivity contribution in [2.45, 2.75) is 32.6 Å². The molecule has 1 aromatic carbocycles. The molecule has 0 saturated carbocycles. The second-order valence-electron chi connectivity index (χ2n) is 4.86. The summed E-state index contributed by atoms with van der Waals surface area (Å²) in [6.07, 6.45) is 6.19. The topological polar surface area (TPSA) is 50.4 Å². The highest BCUT2D eigenvalue weighted by Gasteiger charge is 2.13. The van der Waals surface area contributed by atoms with Gasteiger partial charge in [0.2, 0.25) is 0 Å². The minimum atomic E-state index is -0.272. The number of benzene rings is 1. The molecule has 0 aromatic heterocycles. The lowest BCUT2D eigenvalue weighted by atomic mass is 10.2. The predicted molar refractivity (Wildman–Crippen MR) is 94.3 cm³/mol. The number of unbranched alkanes of at least 4 members (excludes halogenated alkanes) is 3. The van der Waals surface area contributed by atoms with Crippen LogP contribution in [-0.2, 0) is 0 Å². The van der Waals surface area contributed by atoms with Crippen LogP contribution in [0, 0.1) is 0 Å². The van der Waals surface area contributed by atoms with Gasteiger partial charge in [-0.15, -0.1) is 6.58 Å². The number of hydrogen-bond donors (Lipinski definition) is 2. The van der Waals surface area contributed by atoms with Crippen molar-refractivity contribution in [1.29, 1.82) is 0 Å². The number of rotatable bonds is 9. The lowest BCUT2D eigenvalue weighted by Gasteiger charge is -2.12. The molecular weight excluding hydrogens is 296 g/mol. The van der Waals surface area contributed by atoms with Crippen LogP contribution in [0.25, 0.3) is 0 Å². The quantitative estimate of drug-likeness (QED) is 0.416. The molecule has 5 heteroatoms. The van der Waals surface area contributed by atoms with Gasteiger partial charge in [-0.25, -0.2) is 0 Å². The molecule has 1 rings (SSSR count). The van der Waals surface area contributed by atoms with E-state index in [-0.39, 0.29) is 11.0 Å². The molecule has 0 aliphatic rings. The van der Waals surface area contributed by atoms with Crippen LogP contribution < -0.4 is 15.4 Å². The van der Waals surface area contributed by atoms with E-state index in [9.17, 15) is 4.79 Å². The lowest BCUT2D eigenvalue weighted by Crippen LogP contribution is -2.39. The molecule has 0 bridgehead atoms. The number of para-hydroxylation sites is 1. The van der Waals surface area contributed by atoms with Crippen molar-refractivity contribution in [2.75, 3.05) is 13.2 Å². The SMILES string of the molecule is C=CCNC(=S)NC(=O)c1ccccc1OCCCCCC. The van der Waals surface area contributed by atoms with Crippen LogP contribution in [0.4, 0.5) is 0 Å². The predicted octanol–water partition coefficient (Wildman–Crippen LogP) is 3.44. The molecule has 0 saturated heterocycles. The number of ether oxygens (including phenoxy) is 1. The Bertz CT molecular complexity index is 503. The Morgan fingerprint density at radius 2 is 2.09 bits per heavy atom. The first-order chi connectivity index (χ1) is 10.7. The fraction of sp³-hybridized carbons (Fsp3) is 0.412. The molecule has 0 unspecified atom stereocenters. The Morgan fingerprint density at radius 1 is 1.32 bits per heavy atom. The fourth-order valence-electron chi connectivity index (χ4n) is 1.87. The minimum absolute atomic E-state index is 0.272. The zero-order valence-electron chi connectivity index (χ0n) is 13.1. The van der Waals surface area contributed by atoms with Crippen molar-refractivity contribution in [3.05, 3.63) is 42.5 Å². The summed E-state index contributed by atoms with van der Waals surface area (Å²) in [5, 5.41) is 5.78. The Labute approximate surface area is 137 Å². The normalized spacial score (nSPS) is 9.86. The summed E-state index contributed by atoms with van der Waals surface area (Å²) in [5.41, 5.74) is 0.487. The summed E-state index contributed by atoms with van der Waals surface area (Å²) in [7, 11) is 0. The van der Waals surface area contributed by atoms with Crippen LogP contribution in [0.15, 0.2) is 36.9 Å². The van der Waals surface area contributed by atoms with Gasteiger partial charge in [-0.2, -0.15) is 0 Å². The van der Waals surface area contributed by atoms with Gasteiger partial charge in [0.05, 0.1) is 12.2 Å². The molecule has 0 heterocycles. The summed E-state index contributed by atoms with van der Waals surface area (Å²) in [5.74, 6) is 0.314. The van der Waals surface area contributed by atoms with Gasteiger partial charge < -0.3 is 10.1 Å². The van der Waals surface area contributed by atoms with Crippen LogP contribution in [0.5, 0.6) is 5.75 Å². The highest BCUT2D eigenvalue weighted by atomic mass is 32.1. The summed E-state index contributed by atoms with van der Waals surface area (Å²) in [6.45, 7) is 6.88. The van der Waals surface area contributed by atoms with Crippen LogP contribution in [0.2, 0.25) is 0 Å². The third-order valence-corrected chi connectivity index (χ3v) is 3.27. The summed E-state index contributed by atoms with van der Waals surface area (Å²) in [4.78, 5) is 12.2. The molecule has 0 fully saturated rings. The van der Waals surface area contributed by atoms with Gasteiger partial charge in [-0.1, -0.05) is 44.4 Å². The Hall–Kier alpha value is -1.88. The fourth-order valence-corrected chi connectivity index (χ4v) is 2.05. The van der Waals surface area contributed by atoms with Gasteiger partial charge in [0.25, 0.3) is 5.91 Å². The molecule has 120 valence electrons. The lowest BCUT2D eigenvalue weighted by molar-refractivity contribution is 0.0972. The van der Waals surface area contributed by atoms with Crippen LogP contribution >= 0.6 is 12.2 Å². The smallest absolute Gasteiger partial charge is 0.261 e. The molecule has 0 spiro atoms. The first-order valence-electron chi connectivity index (χ1n) is 7.61. The number of carbonyl (C=O) groups excluding carboxylic acids is 1. The zero-order chi connectivity index (χ0) is 16.2. The number of hydrogen-bond acceptors (Lipinski definition) is 3. The van der Waals surface area contributed by atoms with Crippen molar-refractivity contribution in [2.24, 2.45) is 0 Å². The molecule has 0 radical (unpaired) electrons. The van der Waals surface area contributed by atoms with Crippen molar-refractivity contribution in [3.8, 4) is 5.75 Å². The Kier molecular flexibility index (Phi) is 8.91. The highest BCUT2D eigenvalue weighted by Crippen LogP contribution is 2.18. The van der Waals surface area contributed by atoms with E-state index in [1.807, 2.05) is 6.07 Å². The van der Waals surface area contributed by atoms with Crippen LogP contribution in [0.3, 0.4) is 0 Å². The third kappa shape index (κ3) is 6.72. The Balaban J connectivity index is 2.56.